The second-order valence-electron chi connectivity index (χ2n) is 4.73. The summed E-state index contributed by atoms with van der Waals surface area (Å²) in [6.45, 7) is 8.50. The van der Waals surface area contributed by atoms with Crippen molar-refractivity contribution in [3.63, 3.8) is 0 Å². The maximum absolute atomic E-state index is 9.15. The lowest BCUT2D eigenvalue weighted by atomic mass is 10.1. The van der Waals surface area contributed by atoms with Gasteiger partial charge in [0.25, 0.3) is 0 Å². The summed E-state index contributed by atoms with van der Waals surface area (Å²) in [6, 6.07) is 4.04. The summed E-state index contributed by atoms with van der Waals surface area (Å²) in [5.74, 6) is 0.653. The molecule has 102 valence electrons. The zero-order valence-electron chi connectivity index (χ0n) is 11.5. The van der Waals surface area contributed by atoms with Gasteiger partial charge in [-0.15, -0.1) is 0 Å². The molecule has 1 N–H and O–H groups in total. The molecule has 19 heavy (non-hydrogen) atoms. The first-order valence-electron chi connectivity index (χ1n) is 6.68. The topological polar surface area (TPSA) is 61.2 Å². The monoisotopic (exact) mass is 260 g/mol. The predicted molar refractivity (Wildman–Crippen MR) is 74.0 cm³/mol. The van der Waals surface area contributed by atoms with Crippen LogP contribution in [-0.4, -0.2) is 48.8 Å². The van der Waals surface area contributed by atoms with Crippen molar-refractivity contribution in [2.75, 3.05) is 38.1 Å². The summed E-state index contributed by atoms with van der Waals surface area (Å²) in [4.78, 5) is 6.60. The van der Waals surface area contributed by atoms with Crippen molar-refractivity contribution in [1.82, 2.24) is 9.88 Å². The largest absolute Gasteiger partial charge is 0.374 e. The molecule has 5 heteroatoms. The number of rotatable bonds is 4. The number of aromatic nitrogens is 1. The number of likely N-dealkylation sites (N-methyl/N-ethyl adjacent to an activating group) is 1. The standard InChI is InChI=1S/C14H20N4O/c1-3-18-6-7-19-12(10-18)9-17-14-13(8-15)11(2)4-5-16-14/h4-5,12H,3,6-7,9-10H2,1-2H3,(H,16,17). The third kappa shape index (κ3) is 3.43. The average molecular weight is 260 g/mol. The highest BCUT2D eigenvalue weighted by Crippen LogP contribution is 2.15. The van der Waals surface area contributed by atoms with Gasteiger partial charge in [-0.2, -0.15) is 5.26 Å². The lowest BCUT2D eigenvalue weighted by molar-refractivity contribution is -0.0192. The number of ether oxygens (including phenoxy) is 1. The van der Waals surface area contributed by atoms with Crippen LogP contribution in [0.3, 0.4) is 0 Å². The van der Waals surface area contributed by atoms with Gasteiger partial charge < -0.3 is 10.1 Å². The minimum atomic E-state index is 0.155. The number of morpholine rings is 1. The van der Waals surface area contributed by atoms with Crippen LogP contribution in [0.5, 0.6) is 0 Å². The first-order chi connectivity index (χ1) is 9.24. The average Bonchev–Trinajstić information content (AvgIpc) is 2.45. The number of pyridine rings is 1. The van der Waals surface area contributed by atoms with Gasteiger partial charge in [0.1, 0.15) is 11.9 Å². The molecule has 1 saturated heterocycles. The molecule has 1 aromatic rings. The van der Waals surface area contributed by atoms with Gasteiger partial charge in [-0.3, -0.25) is 4.90 Å². The molecule has 1 aliphatic rings. The molecule has 0 spiro atoms. The maximum atomic E-state index is 9.15. The van der Waals surface area contributed by atoms with Gasteiger partial charge >= 0.3 is 0 Å². The summed E-state index contributed by atoms with van der Waals surface area (Å²) in [6.07, 6.45) is 1.88. The van der Waals surface area contributed by atoms with Crippen molar-refractivity contribution in [2.45, 2.75) is 20.0 Å². The molecule has 0 radical (unpaired) electrons. The van der Waals surface area contributed by atoms with Gasteiger partial charge in [0.05, 0.1) is 18.3 Å². The van der Waals surface area contributed by atoms with Crippen LogP contribution in [0.2, 0.25) is 0 Å². The van der Waals surface area contributed by atoms with Crippen LogP contribution in [0.15, 0.2) is 12.3 Å². The SMILES string of the molecule is CCN1CCOC(CNc2nccc(C)c2C#N)C1. The highest BCUT2D eigenvalue weighted by atomic mass is 16.5. The van der Waals surface area contributed by atoms with Crippen LogP contribution >= 0.6 is 0 Å². The van der Waals surface area contributed by atoms with Crippen LogP contribution in [0.25, 0.3) is 0 Å². The molecule has 0 aliphatic carbocycles. The Kier molecular flexibility index (Phi) is 4.72. The molecule has 0 amide bonds. The van der Waals surface area contributed by atoms with E-state index in [9.17, 15) is 0 Å². The number of nitriles is 1. The molecule has 1 aliphatic heterocycles. The Balaban J connectivity index is 1.96. The van der Waals surface area contributed by atoms with Crippen molar-refractivity contribution in [1.29, 1.82) is 5.26 Å². The van der Waals surface area contributed by atoms with E-state index < -0.39 is 0 Å². The van der Waals surface area contributed by atoms with Crippen LogP contribution in [-0.2, 0) is 4.74 Å². The van der Waals surface area contributed by atoms with E-state index in [-0.39, 0.29) is 6.10 Å². The molecule has 5 nitrogen and oxygen atoms in total. The summed E-state index contributed by atoms with van der Waals surface area (Å²) in [7, 11) is 0. The van der Waals surface area contributed by atoms with Crippen LogP contribution in [0.1, 0.15) is 18.1 Å². The fourth-order valence-electron chi connectivity index (χ4n) is 2.24. The van der Waals surface area contributed by atoms with Crippen molar-refractivity contribution < 1.29 is 4.74 Å². The molecule has 1 aromatic heterocycles. The van der Waals surface area contributed by atoms with E-state index in [0.717, 1.165) is 31.8 Å². The normalized spacial score (nSPS) is 19.9. The van der Waals surface area contributed by atoms with E-state index in [1.54, 1.807) is 6.20 Å². The Labute approximate surface area is 114 Å². The molecule has 2 rings (SSSR count). The van der Waals surface area contributed by atoms with Crippen LogP contribution in [0.4, 0.5) is 5.82 Å². The zero-order chi connectivity index (χ0) is 13.7. The number of hydrogen-bond acceptors (Lipinski definition) is 5. The Morgan fingerprint density at radius 3 is 3.21 bits per heavy atom. The van der Waals surface area contributed by atoms with Crippen molar-refractivity contribution in [3.05, 3.63) is 23.4 Å². The molecule has 0 saturated carbocycles. The first kappa shape index (κ1) is 13.8. The molecule has 1 unspecified atom stereocenters. The van der Waals surface area contributed by atoms with Crippen molar-refractivity contribution >= 4 is 5.82 Å². The molecule has 1 atom stereocenters. The molecular formula is C14H20N4O. The minimum Gasteiger partial charge on any atom is -0.374 e. The van der Waals surface area contributed by atoms with E-state index in [0.29, 0.717) is 17.9 Å². The lowest BCUT2D eigenvalue weighted by Crippen LogP contribution is -2.45. The smallest absolute Gasteiger partial charge is 0.144 e. The molecule has 1 fully saturated rings. The Bertz CT molecular complexity index is 469. The Hall–Kier alpha value is -1.64. The second kappa shape index (κ2) is 6.50. The highest BCUT2D eigenvalue weighted by Gasteiger charge is 2.19. The third-order valence-electron chi connectivity index (χ3n) is 3.44. The number of aryl methyl sites for hydroxylation is 1. The quantitative estimate of drug-likeness (QED) is 0.886. The number of hydrogen-bond donors (Lipinski definition) is 1. The van der Waals surface area contributed by atoms with Gasteiger partial charge in [-0.05, 0) is 25.1 Å². The summed E-state index contributed by atoms with van der Waals surface area (Å²) >= 11 is 0. The maximum Gasteiger partial charge on any atom is 0.144 e. The van der Waals surface area contributed by atoms with E-state index in [2.05, 4.69) is 28.2 Å². The summed E-state index contributed by atoms with van der Waals surface area (Å²) in [5, 5.41) is 12.4. The molecule has 2 heterocycles. The molecule has 0 aromatic carbocycles. The van der Waals surface area contributed by atoms with E-state index in [4.69, 9.17) is 10.00 Å². The van der Waals surface area contributed by atoms with E-state index >= 15 is 0 Å². The minimum absolute atomic E-state index is 0.155. The number of nitrogens with one attached hydrogen (secondary N) is 1. The highest BCUT2D eigenvalue weighted by molar-refractivity contribution is 5.55. The molecular weight excluding hydrogens is 240 g/mol. The van der Waals surface area contributed by atoms with E-state index in [1.165, 1.54) is 0 Å². The van der Waals surface area contributed by atoms with Crippen molar-refractivity contribution in [3.8, 4) is 6.07 Å². The third-order valence-corrected chi connectivity index (χ3v) is 3.44. The first-order valence-corrected chi connectivity index (χ1v) is 6.68. The fraction of sp³-hybridized carbons (Fsp3) is 0.571. The van der Waals surface area contributed by atoms with E-state index in [1.807, 2.05) is 13.0 Å². The van der Waals surface area contributed by atoms with Crippen LogP contribution in [0, 0.1) is 18.3 Å². The van der Waals surface area contributed by atoms with Gasteiger partial charge in [-0.1, -0.05) is 6.92 Å². The molecule has 0 bridgehead atoms. The fourth-order valence-corrected chi connectivity index (χ4v) is 2.24. The Morgan fingerprint density at radius 1 is 1.63 bits per heavy atom. The van der Waals surface area contributed by atoms with Gasteiger partial charge in [0.15, 0.2) is 0 Å². The Morgan fingerprint density at radius 2 is 2.47 bits per heavy atom. The van der Waals surface area contributed by atoms with Crippen molar-refractivity contribution in [2.24, 2.45) is 0 Å². The number of anilines is 1. The van der Waals surface area contributed by atoms with Gasteiger partial charge in [-0.25, -0.2) is 4.98 Å². The lowest BCUT2D eigenvalue weighted by Gasteiger charge is -2.32. The zero-order valence-corrected chi connectivity index (χ0v) is 11.5. The van der Waals surface area contributed by atoms with Crippen LogP contribution < -0.4 is 5.32 Å². The summed E-state index contributed by atoms with van der Waals surface area (Å²) in [5.41, 5.74) is 1.56. The number of nitrogens with zero attached hydrogens (tertiary/aromatic N) is 3. The van der Waals surface area contributed by atoms with Gasteiger partial charge in [0.2, 0.25) is 0 Å². The second-order valence-corrected chi connectivity index (χ2v) is 4.73. The van der Waals surface area contributed by atoms with Gasteiger partial charge in [0, 0.05) is 25.8 Å². The summed E-state index contributed by atoms with van der Waals surface area (Å²) < 4.78 is 5.72. The predicted octanol–water partition coefficient (Wildman–Crippen LogP) is 1.39.